The zero-order valence-corrected chi connectivity index (χ0v) is 15.2. The van der Waals surface area contributed by atoms with Crippen LogP contribution in [-0.2, 0) is 0 Å². The lowest BCUT2D eigenvalue weighted by molar-refractivity contribution is -0.0667. The highest BCUT2D eigenvalue weighted by atomic mass is 79.9. The van der Waals surface area contributed by atoms with Gasteiger partial charge in [0.25, 0.3) is 5.91 Å². The van der Waals surface area contributed by atoms with Gasteiger partial charge in [0.2, 0.25) is 0 Å². The molecule has 1 N–H and O–H groups in total. The van der Waals surface area contributed by atoms with Crippen LogP contribution in [0.1, 0.15) is 49.0 Å². The Morgan fingerprint density at radius 2 is 1.71 bits per heavy atom. The first-order chi connectivity index (χ1) is 9.98. The van der Waals surface area contributed by atoms with Crippen molar-refractivity contribution >= 4 is 37.8 Å². The number of hydrogen-bond acceptors (Lipinski definition) is 2. The predicted octanol–water partition coefficient (Wildman–Crippen LogP) is 3.98. The lowest BCUT2D eigenvalue weighted by Gasteiger charge is -2.59. The Hall–Kier alpha value is -0.360. The smallest absolute Gasteiger partial charge is 0.275 e. The van der Waals surface area contributed by atoms with Crippen LogP contribution in [0.25, 0.3) is 0 Å². The molecule has 4 nitrogen and oxygen atoms in total. The lowest BCUT2D eigenvalue weighted by atomic mass is 9.52. The molecule has 0 atom stereocenters. The molecule has 0 aliphatic heterocycles. The number of carbonyl (C=O) groups is 1. The van der Waals surface area contributed by atoms with Crippen LogP contribution in [0.2, 0.25) is 0 Å². The summed E-state index contributed by atoms with van der Waals surface area (Å²) in [6.45, 7) is 0. The van der Waals surface area contributed by atoms with Crippen molar-refractivity contribution in [3.63, 3.8) is 0 Å². The molecule has 4 aliphatic rings. The molecule has 0 aromatic carbocycles. The van der Waals surface area contributed by atoms with Crippen LogP contribution in [0.15, 0.2) is 9.08 Å². The summed E-state index contributed by atoms with van der Waals surface area (Å²) in [5.74, 6) is 2.54. The third kappa shape index (κ3) is 2.12. The summed E-state index contributed by atoms with van der Waals surface area (Å²) in [5.41, 5.74) is 0.566. The standard InChI is InChI=1S/C15H19Br2N3O/c1-20(14(21)12-11(16)13(17)19-18-12)15-5-8-2-9(6-15)4-10(3-8)7-15/h8-10H,2-7H2,1H3,(H,18,19). The number of aromatic amines is 1. The van der Waals surface area contributed by atoms with Gasteiger partial charge in [0.15, 0.2) is 5.69 Å². The second-order valence-corrected chi connectivity index (χ2v) is 8.79. The Labute approximate surface area is 141 Å². The fraction of sp³-hybridized carbons (Fsp3) is 0.733. The van der Waals surface area contributed by atoms with Gasteiger partial charge in [0.1, 0.15) is 4.60 Å². The molecule has 0 radical (unpaired) electrons. The summed E-state index contributed by atoms with van der Waals surface area (Å²) in [4.78, 5) is 14.9. The number of carbonyl (C=O) groups excluding carboxylic acids is 1. The molecule has 1 amide bonds. The van der Waals surface area contributed by atoms with Gasteiger partial charge in [-0.2, -0.15) is 5.10 Å². The minimum Gasteiger partial charge on any atom is -0.335 e. The maximum absolute atomic E-state index is 12.9. The van der Waals surface area contributed by atoms with E-state index in [2.05, 4.69) is 42.1 Å². The average Bonchev–Trinajstić information content (AvgIpc) is 2.76. The first kappa shape index (κ1) is 14.2. The molecule has 1 heterocycles. The molecule has 5 rings (SSSR count). The first-order valence-corrected chi connectivity index (χ1v) is 9.24. The second kappa shape index (κ2) is 4.82. The van der Waals surface area contributed by atoms with Crippen LogP contribution in [0.4, 0.5) is 0 Å². The van der Waals surface area contributed by atoms with E-state index in [1.807, 2.05) is 11.9 Å². The van der Waals surface area contributed by atoms with E-state index in [4.69, 9.17) is 0 Å². The molecule has 4 fully saturated rings. The number of aromatic nitrogens is 2. The van der Waals surface area contributed by atoms with E-state index in [1.165, 1.54) is 38.5 Å². The molecule has 1 aromatic rings. The van der Waals surface area contributed by atoms with Gasteiger partial charge in [-0.15, -0.1) is 0 Å². The summed E-state index contributed by atoms with van der Waals surface area (Å²) < 4.78 is 1.45. The second-order valence-electron chi connectivity index (χ2n) is 7.21. The highest BCUT2D eigenvalue weighted by Crippen LogP contribution is 2.57. The normalized spacial score (nSPS) is 37.0. The van der Waals surface area contributed by atoms with Gasteiger partial charge < -0.3 is 4.90 Å². The SMILES string of the molecule is CN(C(=O)c1n[nH]c(Br)c1Br)C12CC3CC(CC(C3)C1)C2. The molecular formula is C15H19Br2N3O. The van der Waals surface area contributed by atoms with Crippen molar-refractivity contribution in [1.29, 1.82) is 0 Å². The molecule has 6 heteroatoms. The van der Waals surface area contributed by atoms with Crippen LogP contribution in [0.3, 0.4) is 0 Å². The van der Waals surface area contributed by atoms with Crippen molar-refractivity contribution in [3.05, 3.63) is 14.8 Å². The van der Waals surface area contributed by atoms with Crippen molar-refractivity contribution in [2.75, 3.05) is 7.05 Å². The molecule has 4 bridgehead atoms. The highest BCUT2D eigenvalue weighted by Gasteiger charge is 2.54. The van der Waals surface area contributed by atoms with Gasteiger partial charge in [-0.05, 0) is 88.1 Å². The Morgan fingerprint density at radius 1 is 1.19 bits per heavy atom. The van der Waals surface area contributed by atoms with E-state index in [0.29, 0.717) is 5.69 Å². The van der Waals surface area contributed by atoms with E-state index < -0.39 is 0 Å². The number of hydrogen-bond donors (Lipinski definition) is 1. The summed E-state index contributed by atoms with van der Waals surface area (Å²) in [6.07, 6.45) is 7.72. The van der Waals surface area contributed by atoms with Crippen LogP contribution in [0.5, 0.6) is 0 Å². The van der Waals surface area contributed by atoms with Gasteiger partial charge in [0, 0.05) is 12.6 Å². The van der Waals surface area contributed by atoms with E-state index >= 15 is 0 Å². The number of amides is 1. The Morgan fingerprint density at radius 3 is 2.14 bits per heavy atom. The molecule has 21 heavy (non-hydrogen) atoms. The van der Waals surface area contributed by atoms with Crippen LogP contribution in [-0.4, -0.2) is 33.6 Å². The summed E-state index contributed by atoms with van der Waals surface area (Å²) in [7, 11) is 1.98. The van der Waals surface area contributed by atoms with Crippen molar-refractivity contribution < 1.29 is 4.79 Å². The lowest BCUT2D eigenvalue weighted by Crippen LogP contribution is -2.60. The fourth-order valence-corrected chi connectivity index (χ4v) is 5.92. The topological polar surface area (TPSA) is 49.0 Å². The number of rotatable bonds is 2. The van der Waals surface area contributed by atoms with Gasteiger partial charge in [0.05, 0.1) is 4.47 Å². The molecule has 0 unspecified atom stereocenters. The quantitative estimate of drug-likeness (QED) is 0.792. The van der Waals surface area contributed by atoms with Gasteiger partial charge in [-0.1, -0.05) is 0 Å². The van der Waals surface area contributed by atoms with Crippen LogP contribution >= 0.6 is 31.9 Å². The predicted molar refractivity (Wildman–Crippen MR) is 87.0 cm³/mol. The largest absolute Gasteiger partial charge is 0.335 e. The first-order valence-electron chi connectivity index (χ1n) is 7.66. The van der Waals surface area contributed by atoms with E-state index in [0.717, 1.165) is 26.8 Å². The Balaban J connectivity index is 1.64. The number of nitrogens with one attached hydrogen (secondary N) is 1. The molecular weight excluding hydrogens is 398 g/mol. The zero-order chi connectivity index (χ0) is 14.8. The van der Waals surface area contributed by atoms with Crippen LogP contribution < -0.4 is 0 Å². The number of halogens is 2. The van der Waals surface area contributed by atoms with Crippen molar-refractivity contribution in [2.45, 2.75) is 44.1 Å². The maximum atomic E-state index is 12.9. The number of H-pyrrole nitrogens is 1. The van der Waals surface area contributed by atoms with Crippen LogP contribution in [0, 0.1) is 17.8 Å². The third-order valence-corrected chi connectivity index (χ3v) is 7.77. The molecule has 4 saturated carbocycles. The van der Waals surface area contributed by atoms with Crippen molar-refractivity contribution in [1.82, 2.24) is 15.1 Å². The van der Waals surface area contributed by atoms with E-state index in [-0.39, 0.29) is 11.4 Å². The minimum absolute atomic E-state index is 0.0331. The highest BCUT2D eigenvalue weighted by molar-refractivity contribution is 9.13. The van der Waals surface area contributed by atoms with E-state index in [9.17, 15) is 4.79 Å². The summed E-state index contributed by atoms with van der Waals surface area (Å²) >= 11 is 6.80. The van der Waals surface area contributed by atoms with Gasteiger partial charge in [-0.25, -0.2) is 0 Å². The molecule has 0 spiro atoms. The Bertz CT molecular complexity index is 562. The monoisotopic (exact) mass is 415 g/mol. The summed E-state index contributed by atoms with van der Waals surface area (Å²) in [6, 6.07) is 0. The van der Waals surface area contributed by atoms with Crippen molar-refractivity contribution in [3.8, 4) is 0 Å². The minimum atomic E-state index is 0.0331. The average molecular weight is 417 g/mol. The van der Waals surface area contributed by atoms with E-state index in [1.54, 1.807) is 0 Å². The van der Waals surface area contributed by atoms with Gasteiger partial charge in [-0.3, -0.25) is 9.89 Å². The molecule has 114 valence electrons. The fourth-order valence-electron chi connectivity index (χ4n) is 5.30. The Kier molecular flexibility index (Phi) is 3.27. The zero-order valence-electron chi connectivity index (χ0n) is 12.0. The molecule has 1 aromatic heterocycles. The summed E-state index contributed by atoms with van der Waals surface area (Å²) in [5, 5.41) is 6.97. The number of nitrogens with zero attached hydrogens (tertiary/aromatic N) is 2. The molecule has 4 aliphatic carbocycles. The third-order valence-electron chi connectivity index (χ3n) is 5.89. The van der Waals surface area contributed by atoms with Crippen molar-refractivity contribution in [2.24, 2.45) is 17.8 Å². The maximum Gasteiger partial charge on any atom is 0.275 e. The van der Waals surface area contributed by atoms with Gasteiger partial charge >= 0.3 is 0 Å². The molecule has 0 saturated heterocycles.